The molecule has 0 saturated heterocycles. The molecule has 1 unspecified atom stereocenters. The van der Waals surface area contributed by atoms with E-state index >= 15 is 0 Å². The van der Waals surface area contributed by atoms with Gasteiger partial charge < -0.3 is 19.2 Å². The Morgan fingerprint density at radius 2 is 1.70 bits per heavy atom. The molecule has 0 aliphatic heterocycles. The van der Waals surface area contributed by atoms with E-state index in [1.165, 1.54) is 22.9 Å². The van der Waals surface area contributed by atoms with E-state index < -0.39 is 10.0 Å². The van der Waals surface area contributed by atoms with Crippen molar-refractivity contribution in [2.75, 3.05) is 34.4 Å². The maximum absolute atomic E-state index is 13.8. The van der Waals surface area contributed by atoms with Crippen LogP contribution in [0.15, 0.2) is 46.1 Å². The van der Waals surface area contributed by atoms with Crippen molar-refractivity contribution in [3.05, 3.63) is 63.8 Å². The number of fused-ring (bicyclic) bond motifs is 1. The van der Waals surface area contributed by atoms with Crippen molar-refractivity contribution in [1.29, 1.82) is 0 Å². The number of methoxy groups -OCH3 is 2. The molecule has 2 aromatic heterocycles. The van der Waals surface area contributed by atoms with Crippen molar-refractivity contribution in [1.82, 2.24) is 23.9 Å². The van der Waals surface area contributed by atoms with Crippen LogP contribution in [0.2, 0.25) is 0 Å². The Kier molecular flexibility index (Phi) is 12.4. The van der Waals surface area contributed by atoms with E-state index in [2.05, 4.69) is 18.8 Å². The first-order chi connectivity index (χ1) is 22.6. The highest BCUT2D eigenvalue weighted by molar-refractivity contribution is 7.89. The van der Waals surface area contributed by atoms with E-state index in [-0.39, 0.29) is 28.7 Å². The normalized spacial score (nSPS) is 12.5. The highest BCUT2D eigenvalue weighted by Crippen LogP contribution is 2.33. The van der Waals surface area contributed by atoms with Gasteiger partial charge in [-0.1, -0.05) is 52.5 Å². The zero-order valence-corrected chi connectivity index (χ0v) is 29.6. The minimum Gasteiger partial charge on any atom is -0.493 e. The maximum atomic E-state index is 13.8. The molecule has 0 spiro atoms. The van der Waals surface area contributed by atoms with Crippen molar-refractivity contribution < 1.29 is 22.6 Å². The third-order valence-corrected chi connectivity index (χ3v) is 10.4. The second kappa shape index (κ2) is 16.3. The number of benzene rings is 2. The van der Waals surface area contributed by atoms with E-state index in [0.29, 0.717) is 47.1 Å². The number of likely N-dealkylation sites (N-methyl/N-ethyl adjacent to an activating group) is 1. The molecule has 47 heavy (non-hydrogen) atoms. The molecule has 0 saturated carbocycles. The van der Waals surface area contributed by atoms with Crippen molar-refractivity contribution in [3.63, 3.8) is 0 Å². The Morgan fingerprint density at radius 1 is 0.957 bits per heavy atom. The molecular weight excluding hydrogens is 618 g/mol. The van der Waals surface area contributed by atoms with Crippen LogP contribution in [0, 0.1) is 6.92 Å². The molecule has 2 aromatic carbocycles. The average molecular weight is 668 g/mol. The highest BCUT2D eigenvalue weighted by Gasteiger charge is 2.25. The Hall–Kier alpha value is -3.90. The average Bonchev–Trinajstić information content (AvgIpc) is 3.41. The Morgan fingerprint density at radius 3 is 2.38 bits per heavy atom. The largest absolute Gasteiger partial charge is 0.493 e. The molecule has 4 aromatic rings. The number of hydrogen-bond donors (Lipinski definition) is 1. The second-order valence-corrected chi connectivity index (χ2v) is 13.9. The number of ether oxygens (including phenoxy) is 3. The van der Waals surface area contributed by atoms with Crippen LogP contribution in [-0.2, 0) is 16.4 Å². The number of aromatic amines is 1. The number of imidazole rings is 1. The molecule has 256 valence electrons. The van der Waals surface area contributed by atoms with Crippen LogP contribution in [0.5, 0.6) is 17.2 Å². The first-order valence-electron chi connectivity index (χ1n) is 16.5. The monoisotopic (exact) mass is 667 g/mol. The Balaban J connectivity index is 1.71. The molecule has 4 rings (SSSR count). The van der Waals surface area contributed by atoms with Gasteiger partial charge in [0.1, 0.15) is 11.6 Å². The molecule has 0 amide bonds. The summed E-state index contributed by atoms with van der Waals surface area (Å²) in [5, 5.41) is 4.87. The zero-order valence-electron chi connectivity index (χ0n) is 28.8. The van der Waals surface area contributed by atoms with Crippen molar-refractivity contribution in [2.24, 2.45) is 0 Å². The van der Waals surface area contributed by atoms with E-state index in [1.54, 1.807) is 37.9 Å². The number of aromatic nitrogens is 4. The van der Waals surface area contributed by atoms with Gasteiger partial charge in [0.15, 0.2) is 22.8 Å². The van der Waals surface area contributed by atoms with Gasteiger partial charge in [-0.05, 0) is 68.5 Å². The van der Waals surface area contributed by atoms with Crippen LogP contribution in [0.1, 0.15) is 88.7 Å². The first-order valence-corrected chi connectivity index (χ1v) is 18.0. The lowest BCUT2D eigenvalue weighted by molar-refractivity contribution is 0.318. The van der Waals surface area contributed by atoms with E-state index in [1.807, 2.05) is 26.0 Å². The highest BCUT2D eigenvalue weighted by atomic mass is 32.2. The topological polar surface area (TPSA) is 128 Å². The van der Waals surface area contributed by atoms with Gasteiger partial charge in [0.05, 0.1) is 37.0 Å². The summed E-state index contributed by atoms with van der Waals surface area (Å²) in [5.74, 6) is 2.73. The fourth-order valence-corrected chi connectivity index (χ4v) is 6.93. The van der Waals surface area contributed by atoms with Crippen LogP contribution in [0.25, 0.3) is 16.9 Å². The molecule has 0 aliphatic carbocycles. The van der Waals surface area contributed by atoms with Gasteiger partial charge >= 0.3 is 0 Å². The molecule has 0 fully saturated rings. The lowest BCUT2D eigenvalue weighted by atomic mass is 9.97. The molecule has 0 bridgehead atoms. The third-order valence-electron chi connectivity index (χ3n) is 8.50. The summed E-state index contributed by atoms with van der Waals surface area (Å²) >= 11 is 0. The lowest BCUT2D eigenvalue weighted by Crippen LogP contribution is -2.29. The molecule has 11 nitrogen and oxygen atoms in total. The van der Waals surface area contributed by atoms with Crippen molar-refractivity contribution in [3.8, 4) is 28.6 Å². The second-order valence-electron chi connectivity index (χ2n) is 11.8. The van der Waals surface area contributed by atoms with Gasteiger partial charge in [-0.25, -0.2) is 22.2 Å². The number of hydrogen-bond acceptors (Lipinski definition) is 8. The molecule has 1 N–H and O–H groups in total. The number of rotatable bonds is 18. The van der Waals surface area contributed by atoms with Gasteiger partial charge in [0, 0.05) is 19.5 Å². The minimum absolute atomic E-state index is 0.0679. The van der Waals surface area contributed by atoms with E-state index in [4.69, 9.17) is 24.3 Å². The van der Waals surface area contributed by atoms with Crippen molar-refractivity contribution >= 4 is 15.5 Å². The molecule has 0 radical (unpaired) electrons. The SMILES string of the molecule is CCCCCCC(CC)c1nc(C)c2c(=O)[nH]c(-c3cc(S(=O)(=O)N(C)CCc4ccc(OC)c(OC)c4)ccc3OCCC)nn12. The Labute approximate surface area is 278 Å². The minimum atomic E-state index is -3.91. The zero-order chi connectivity index (χ0) is 34.1. The fraction of sp³-hybridized carbons (Fsp3) is 0.514. The lowest BCUT2D eigenvalue weighted by Gasteiger charge is -2.19. The number of H-pyrrole nitrogens is 1. The predicted molar refractivity (Wildman–Crippen MR) is 184 cm³/mol. The third kappa shape index (κ3) is 8.16. The van der Waals surface area contributed by atoms with Crippen LogP contribution < -0.4 is 19.8 Å². The number of sulfonamides is 1. The summed E-state index contributed by atoms with van der Waals surface area (Å²) in [4.78, 5) is 21.3. The standard InChI is InChI=1S/C35H49N5O6S/c1-8-11-12-13-14-26(10-3)34-36-24(4)32-35(41)37-33(38-40(32)34)28-23-27(16-18-29(28)46-21-9-2)47(42,43)39(5)20-19-25-15-17-30(44-6)31(22-25)45-7/h15-18,22-23,26H,8-14,19-21H2,1-7H3,(H,37,38,41). The van der Waals surface area contributed by atoms with Gasteiger partial charge in [-0.15, -0.1) is 5.10 Å². The summed E-state index contributed by atoms with van der Waals surface area (Å²) in [7, 11) is 0.774. The van der Waals surface area contributed by atoms with Gasteiger partial charge in [-0.3, -0.25) is 4.79 Å². The van der Waals surface area contributed by atoms with E-state index in [9.17, 15) is 13.2 Å². The predicted octanol–water partition coefficient (Wildman–Crippen LogP) is 6.53. The summed E-state index contributed by atoms with van der Waals surface area (Å²) in [6.07, 6.45) is 7.60. The summed E-state index contributed by atoms with van der Waals surface area (Å²) in [6.45, 7) is 8.78. The van der Waals surface area contributed by atoms with Crippen LogP contribution in [-0.4, -0.2) is 66.7 Å². The van der Waals surface area contributed by atoms with Gasteiger partial charge in [0.2, 0.25) is 10.0 Å². The summed E-state index contributed by atoms with van der Waals surface area (Å²) in [6, 6.07) is 10.2. The number of nitrogens with zero attached hydrogens (tertiary/aromatic N) is 4. The van der Waals surface area contributed by atoms with Gasteiger partial charge in [-0.2, -0.15) is 0 Å². The first kappa shape index (κ1) is 35.9. The van der Waals surface area contributed by atoms with Crippen LogP contribution in [0.4, 0.5) is 0 Å². The number of nitrogens with one attached hydrogen (secondary N) is 1. The maximum Gasteiger partial charge on any atom is 0.277 e. The molecule has 0 aliphatic rings. The van der Waals surface area contributed by atoms with Crippen molar-refractivity contribution in [2.45, 2.75) is 89.9 Å². The Bertz CT molecular complexity index is 1820. The van der Waals surface area contributed by atoms with Crippen LogP contribution in [0.3, 0.4) is 0 Å². The molecule has 12 heteroatoms. The van der Waals surface area contributed by atoms with Gasteiger partial charge in [0.25, 0.3) is 5.56 Å². The molecular formula is C35H49N5O6S. The fourth-order valence-electron chi connectivity index (χ4n) is 5.73. The summed E-state index contributed by atoms with van der Waals surface area (Å²) in [5.41, 5.74) is 1.97. The number of aryl methyl sites for hydroxylation is 1. The van der Waals surface area contributed by atoms with Crippen LogP contribution >= 0.6 is 0 Å². The van der Waals surface area contributed by atoms with E-state index in [0.717, 1.165) is 49.9 Å². The molecule has 1 atom stereocenters. The summed E-state index contributed by atoms with van der Waals surface area (Å²) < 4.78 is 47.4. The smallest absolute Gasteiger partial charge is 0.277 e. The number of unbranched alkanes of at least 4 members (excludes halogenated alkanes) is 3. The molecule has 2 heterocycles. The quantitative estimate of drug-likeness (QED) is 0.119.